The van der Waals surface area contributed by atoms with E-state index in [9.17, 15) is 4.79 Å². The first-order chi connectivity index (χ1) is 13.3. The van der Waals surface area contributed by atoms with E-state index < -0.39 is 0 Å². The minimum atomic E-state index is -0.193. The van der Waals surface area contributed by atoms with Crippen LogP contribution >= 0.6 is 11.8 Å². The largest absolute Gasteiger partial charge is 0.324 e. The van der Waals surface area contributed by atoms with Crippen LogP contribution in [0.1, 0.15) is 0 Å². The molecule has 1 amide bonds. The Labute approximate surface area is 158 Å². The average molecular weight is 377 g/mol. The molecule has 4 rings (SSSR count). The van der Waals surface area contributed by atoms with Crippen molar-refractivity contribution in [3.8, 4) is 22.6 Å². The highest BCUT2D eigenvalue weighted by Crippen LogP contribution is 2.20. The number of pyridine rings is 1. The lowest BCUT2D eigenvalue weighted by Gasteiger charge is -2.00. The van der Waals surface area contributed by atoms with Crippen LogP contribution in [-0.4, -0.2) is 41.8 Å². The van der Waals surface area contributed by atoms with Crippen LogP contribution in [0.3, 0.4) is 0 Å². The Kier molecular flexibility index (Phi) is 4.93. The Balaban J connectivity index is 1.33. The maximum absolute atomic E-state index is 12.1. The summed E-state index contributed by atoms with van der Waals surface area (Å²) in [5, 5.41) is 10.2. The summed E-state index contributed by atoms with van der Waals surface area (Å²) < 4.78 is 0. The molecule has 0 radical (unpaired) electrons. The topological polar surface area (TPSA) is 112 Å². The van der Waals surface area contributed by atoms with Crippen LogP contribution in [-0.2, 0) is 4.79 Å². The van der Waals surface area contributed by atoms with Gasteiger partial charge in [-0.1, -0.05) is 42.1 Å². The third kappa shape index (κ3) is 4.21. The number of nitrogens with one attached hydrogen (secondary N) is 3. The fraction of sp³-hybridized carbons (Fsp3) is 0.0556. The highest BCUT2D eigenvalue weighted by Gasteiger charge is 2.11. The fourth-order valence-electron chi connectivity index (χ4n) is 2.39. The normalized spacial score (nSPS) is 10.7. The maximum atomic E-state index is 12.1. The number of imidazole rings is 1. The molecule has 0 spiro atoms. The van der Waals surface area contributed by atoms with Crippen molar-refractivity contribution >= 4 is 23.6 Å². The van der Waals surface area contributed by atoms with Gasteiger partial charge in [0.15, 0.2) is 5.82 Å². The first kappa shape index (κ1) is 17.0. The number of H-pyrrole nitrogens is 2. The Morgan fingerprint density at radius 1 is 1.07 bits per heavy atom. The number of aromatic nitrogens is 6. The highest BCUT2D eigenvalue weighted by atomic mass is 32.2. The van der Waals surface area contributed by atoms with Crippen molar-refractivity contribution in [1.82, 2.24) is 30.1 Å². The second kappa shape index (κ2) is 7.83. The lowest BCUT2D eigenvalue weighted by atomic mass is 10.2. The van der Waals surface area contributed by atoms with Gasteiger partial charge in [0.25, 0.3) is 0 Å². The second-order valence-corrected chi connectivity index (χ2v) is 6.50. The number of aromatic amines is 2. The molecular formula is C18H15N7OS. The van der Waals surface area contributed by atoms with Crippen molar-refractivity contribution in [2.24, 2.45) is 0 Å². The molecule has 0 saturated heterocycles. The molecule has 0 bridgehead atoms. The van der Waals surface area contributed by atoms with Crippen LogP contribution < -0.4 is 5.32 Å². The molecule has 9 heteroatoms. The molecular weight excluding hydrogens is 362 g/mol. The fourth-order valence-corrected chi connectivity index (χ4v) is 2.99. The molecule has 0 aliphatic rings. The lowest BCUT2D eigenvalue weighted by Crippen LogP contribution is -2.15. The molecule has 0 saturated carbocycles. The number of amides is 1. The summed E-state index contributed by atoms with van der Waals surface area (Å²) >= 11 is 1.24. The predicted molar refractivity (Wildman–Crippen MR) is 103 cm³/mol. The Morgan fingerprint density at radius 3 is 2.74 bits per heavy atom. The summed E-state index contributed by atoms with van der Waals surface area (Å²) in [6.45, 7) is 0. The van der Waals surface area contributed by atoms with Gasteiger partial charge in [0.05, 0.1) is 17.6 Å². The summed E-state index contributed by atoms with van der Waals surface area (Å²) in [5.74, 6) is 1.00. The maximum Gasteiger partial charge on any atom is 0.237 e. The molecule has 3 N–H and O–H groups in total. The molecule has 0 aliphatic carbocycles. The number of thioether (sulfide) groups is 1. The van der Waals surface area contributed by atoms with Crippen LogP contribution in [0.4, 0.5) is 5.95 Å². The molecule has 0 unspecified atom stereocenters. The Bertz CT molecular complexity index is 1030. The minimum absolute atomic E-state index is 0.172. The van der Waals surface area contributed by atoms with Crippen molar-refractivity contribution in [3.63, 3.8) is 0 Å². The summed E-state index contributed by atoms with van der Waals surface area (Å²) in [4.78, 5) is 27.8. The van der Waals surface area contributed by atoms with E-state index in [4.69, 9.17) is 0 Å². The van der Waals surface area contributed by atoms with Crippen LogP contribution in [0.5, 0.6) is 0 Å². The van der Waals surface area contributed by atoms with E-state index in [0.717, 1.165) is 16.8 Å². The molecule has 0 fully saturated rings. The van der Waals surface area contributed by atoms with E-state index in [2.05, 4.69) is 35.5 Å². The van der Waals surface area contributed by atoms with Gasteiger partial charge in [-0.15, -0.1) is 5.10 Å². The molecule has 134 valence electrons. The van der Waals surface area contributed by atoms with E-state index in [1.165, 1.54) is 11.8 Å². The molecule has 4 aromatic rings. The summed E-state index contributed by atoms with van der Waals surface area (Å²) in [6.07, 6.45) is 5.08. The van der Waals surface area contributed by atoms with E-state index in [1.54, 1.807) is 18.6 Å². The first-order valence-corrected chi connectivity index (χ1v) is 9.12. The average Bonchev–Trinajstić information content (AvgIpc) is 3.37. The van der Waals surface area contributed by atoms with Gasteiger partial charge in [0.1, 0.15) is 0 Å². The van der Waals surface area contributed by atoms with E-state index >= 15 is 0 Å². The molecule has 0 atom stereocenters. The first-order valence-electron chi connectivity index (χ1n) is 8.14. The zero-order valence-corrected chi connectivity index (χ0v) is 14.9. The van der Waals surface area contributed by atoms with Gasteiger partial charge < -0.3 is 4.98 Å². The number of nitrogens with zero attached hydrogens (tertiary/aromatic N) is 4. The van der Waals surface area contributed by atoms with E-state index in [0.29, 0.717) is 16.9 Å². The Hall–Kier alpha value is -3.46. The van der Waals surface area contributed by atoms with E-state index in [-0.39, 0.29) is 11.7 Å². The van der Waals surface area contributed by atoms with E-state index in [1.807, 2.05) is 42.5 Å². The van der Waals surface area contributed by atoms with Crippen LogP contribution in [0.2, 0.25) is 0 Å². The number of rotatable bonds is 6. The highest BCUT2D eigenvalue weighted by molar-refractivity contribution is 7.99. The van der Waals surface area contributed by atoms with Crippen molar-refractivity contribution in [2.45, 2.75) is 5.16 Å². The molecule has 8 nitrogen and oxygen atoms in total. The SMILES string of the molecule is O=C(CSc1n[nH]c(-c2cccnc2)n1)Nc1ncc(-c2ccccc2)[nH]1. The number of hydrogen-bond acceptors (Lipinski definition) is 6. The third-order valence-corrected chi connectivity index (χ3v) is 4.50. The van der Waals surface area contributed by atoms with Crippen LogP contribution in [0.15, 0.2) is 66.2 Å². The summed E-state index contributed by atoms with van der Waals surface area (Å²) in [5.41, 5.74) is 2.68. The van der Waals surface area contributed by atoms with Crippen molar-refractivity contribution in [3.05, 3.63) is 61.1 Å². The second-order valence-electron chi connectivity index (χ2n) is 5.56. The molecule has 27 heavy (non-hydrogen) atoms. The van der Waals surface area contributed by atoms with Gasteiger partial charge in [-0.3, -0.25) is 20.2 Å². The zero-order chi connectivity index (χ0) is 18.5. The number of benzene rings is 1. The van der Waals surface area contributed by atoms with Crippen molar-refractivity contribution < 1.29 is 4.79 Å². The van der Waals surface area contributed by atoms with Gasteiger partial charge in [0.2, 0.25) is 17.0 Å². The summed E-state index contributed by atoms with van der Waals surface area (Å²) in [6, 6.07) is 13.5. The number of carbonyl (C=O) groups is 1. The Morgan fingerprint density at radius 2 is 1.93 bits per heavy atom. The number of hydrogen-bond donors (Lipinski definition) is 3. The standard InChI is InChI=1S/C18H15N7OS/c26-15(22-17-20-10-14(21-17)12-5-2-1-3-6-12)11-27-18-23-16(24-25-18)13-7-4-8-19-9-13/h1-10H,11H2,(H,23,24,25)(H2,20,21,22,26). The summed E-state index contributed by atoms with van der Waals surface area (Å²) in [7, 11) is 0. The van der Waals surface area contributed by atoms with Crippen molar-refractivity contribution in [2.75, 3.05) is 11.1 Å². The van der Waals surface area contributed by atoms with Gasteiger partial charge in [-0.2, -0.15) is 0 Å². The molecule has 0 aliphatic heterocycles. The van der Waals surface area contributed by atoms with Gasteiger partial charge in [-0.25, -0.2) is 9.97 Å². The number of carbonyl (C=O) groups excluding carboxylic acids is 1. The third-order valence-electron chi connectivity index (χ3n) is 3.65. The zero-order valence-electron chi connectivity index (χ0n) is 14.1. The van der Waals surface area contributed by atoms with Gasteiger partial charge >= 0.3 is 0 Å². The van der Waals surface area contributed by atoms with Crippen LogP contribution in [0.25, 0.3) is 22.6 Å². The monoisotopic (exact) mass is 377 g/mol. The molecule has 3 aromatic heterocycles. The number of anilines is 1. The van der Waals surface area contributed by atoms with Gasteiger partial charge in [-0.05, 0) is 17.7 Å². The van der Waals surface area contributed by atoms with Crippen LogP contribution in [0, 0.1) is 0 Å². The lowest BCUT2D eigenvalue weighted by molar-refractivity contribution is -0.113. The quantitative estimate of drug-likeness (QED) is 0.445. The van der Waals surface area contributed by atoms with Gasteiger partial charge in [0, 0.05) is 18.0 Å². The minimum Gasteiger partial charge on any atom is -0.324 e. The smallest absolute Gasteiger partial charge is 0.237 e. The van der Waals surface area contributed by atoms with Crippen molar-refractivity contribution in [1.29, 1.82) is 0 Å². The molecule has 3 heterocycles. The predicted octanol–water partition coefficient (Wildman–Crippen LogP) is 2.99. The molecule has 1 aromatic carbocycles.